The number of nitrogens with one attached hydrogen (secondary N) is 2. The topological polar surface area (TPSA) is 57.8 Å². The number of aryl methyl sites for hydroxylation is 1. The number of carbonyl (C=O) groups excluding carboxylic acids is 1. The van der Waals surface area contributed by atoms with Gasteiger partial charge in [0.25, 0.3) is 5.91 Å². The lowest BCUT2D eigenvalue weighted by Crippen LogP contribution is -2.24. The minimum atomic E-state index is 0.00267. The minimum Gasteiger partial charge on any atom is -0.352 e. The van der Waals surface area contributed by atoms with Gasteiger partial charge in [-0.3, -0.25) is 4.79 Å². The molecule has 1 amide bonds. The monoisotopic (exact) mass is 307 g/mol. The third kappa shape index (κ3) is 4.19. The Morgan fingerprint density at radius 2 is 1.74 bits per heavy atom. The van der Waals surface area contributed by atoms with Gasteiger partial charge in [0.1, 0.15) is 5.82 Å². The van der Waals surface area contributed by atoms with E-state index < -0.39 is 0 Å². The van der Waals surface area contributed by atoms with E-state index in [0.29, 0.717) is 6.54 Å². The van der Waals surface area contributed by atoms with E-state index in [2.05, 4.69) is 15.3 Å². The van der Waals surface area contributed by atoms with Gasteiger partial charge in [0.15, 0.2) is 0 Å². The molecule has 0 radical (unpaired) electrons. The summed E-state index contributed by atoms with van der Waals surface area (Å²) in [7, 11) is 0. The van der Waals surface area contributed by atoms with Gasteiger partial charge in [-0.2, -0.15) is 0 Å². The minimum absolute atomic E-state index is 0.00267. The van der Waals surface area contributed by atoms with Crippen LogP contribution >= 0.6 is 0 Å². The number of unbranched alkanes of at least 4 members (excludes halogenated alkanes) is 2. The summed E-state index contributed by atoms with van der Waals surface area (Å²) in [5, 5.41) is 2.96. The van der Waals surface area contributed by atoms with Gasteiger partial charge in [-0.25, -0.2) is 4.98 Å². The molecule has 4 heteroatoms. The first kappa shape index (κ1) is 15.3. The lowest BCUT2D eigenvalue weighted by Gasteiger charge is -2.04. The van der Waals surface area contributed by atoms with Gasteiger partial charge < -0.3 is 10.3 Å². The molecule has 0 fully saturated rings. The summed E-state index contributed by atoms with van der Waals surface area (Å²) in [5.74, 6) is 1.04. The molecule has 23 heavy (non-hydrogen) atoms. The molecule has 0 aliphatic heterocycles. The zero-order chi connectivity index (χ0) is 15.9. The molecule has 2 N–H and O–H groups in total. The fraction of sp³-hybridized carbons (Fsp3) is 0.263. The van der Waals surface area contributed by atoms with Crippen molar-refractivity contribution < 1.29 is 4.79 Å². The number of imidazole rings is 1. The van der Waals surface area contributed by atoms with Crippen LogP contribution in [0.3, 0.4) is 0 Å². The van der Waals surface area contributed by atoms with Crippen LogP contribution in [0.2, 0.25) is 0 Å². The number of hydrogen-bond acceptors (Lipinski definition) is 2. The Labute approximate surface area is 136 Å². The maximum absolute atomic E-state index is 11.9. The van der Waals surface area contributed by atoms with Crippen LogP contribution in [0, 0.1) is 0 Å². The Bertz CT molecular complexity index is 731. The van der Waals surface area contributed by atoms with E-state index in [9.17, 15) is 4.79 Å². The highest BCUT2D eigenvalue weighted by Crippen LogP contribution is 2.12. The molecule has 1 aromatic heterocycles. The van der Waals surface area contributed by atoms with Crippen LogP contribution < -0.4 is 5.32 Å². The van der Waals surface area contributed by atoms with Gasteiger partial charge >= 0.3 is 0 Å². The number of fused-ring (bicyclic) bond motifs is 1. The smallest absolute Gasteiger partial charge is 0.251 e. The molecule has 1 heterocycles. The molecule has 0 saturated heterocycles. The molecule has 0 unspecified atom stereocenters. The Morgan fingerprint density at radius 3 is 2.57 bits per heavy atom. The number of carbonyl (C=O) groups is 1. The number of nitrogens with zero attached hydrogens (tertiary/aromatic N) is 1. The molecular formula is C19H21N3O. The normalized spacial score (nSPS) is 10.8. The second-order valence-corrected chi connectivity index (χ2v) is 5.63. The molecule has 3 rings (SSSR count). The highest BCUT2D eigenvalue weighted by molar-refractivity contribution is 5.94. The Balaban J connectivity index is 1.35. The van der Waals surface area contributed by atoms with Crippen LogP contribution in [-0.2, 0) is 6.42 Å². The first-order valence-electron chi connectivity index (χ1n) is 8.10. The van der Waals surface area contributed by atoms with Gasteiger partial charge in [0.2, 0.25) is 0 Å². The summed E-state index contributed by atoms with van der Waals surface area (Å²) in [6.45, 7) is 0.716. The summed E-state index contributed by atoms with van der Waals surface area (Å²) < 4.78 is 0. The summed E-state index contributed by atoms with van der Waals surface area (Å²) in [5.41, 5.74) is 2.84. The van der Waals surface area contributed by atoms with Crippen LogP contribution in [0.15, 0.2) is 54.6 Å². The fourth-order valence-electron chi connectivity index (χ4n) is 2.61. The van der Waals surface area contributed by atoms with Crippen molar-refractivity contribution in [2.75, 3.05) is 6.54 Å². The fourth-order valence-corrected chi connectivity index (χ4v) is 2.61. The van der Waals surface area contributed by atoms with Crippen LogP contribution in [0.1, 0.15) is 35.4 Å². The molecule has 118 valence electrons. The molecule has 0 bridgehead atoms. The molecule has 0 spiro atoms. The second-order valence-electron chi connectivity index (χ2n) is 5.63. The third-order valence-corrected chi connectivity index (χ3v) is 3.85. The maximum Gasteiger partial charge on any atom is 0.251 e. The largest absolute Gasteiger partial charge is 0.352 e. The van der Waals surface area contributed by atoms with Crippen molar-refractivity contribution in [3.63, 3.8) is 0 Å². The number of para-hydroxylation sites is 2. The number of aromatic nitrogens is 2. The van der Waals surface area contributed by atoms with Gasteiger partial charge in [-0.15, -0.1) is 0 Å². The average molecular weight is 307 g/mol. The molecule has 2 aromatic carbocycles. The van der Waals surface area contributed by atoms with E-state index in [1.165, 1.54) is 0 Å². The number of benzene rings is 2. The predicted molar refractivity (Wildman–Crippen MR) is 92.4 cm³/mol. The van der Waals surface area contributed by atoms with Crippen molar-refractivity contribution in [3.05, 3.63) is 66.0 Å². The van der Waals surface area contributed by atoms with Crippen molar-refractivity contribution in [1.29, 1.82) is 0 Å². The Morgan fingerprint density at radius 1 is 0.957 bits per heavy atom. The summed E-state index contributed by atoms with van der Waals surface area (Å²) in [4.78, 5) is 19.8. The summed E-state index contributed by atoms with van der Waals surface area (Å²) in [6, 6.07) is 17.4. The quantitative estimate of drug-likeness (QED) is 0.654. The number of amides is 1. The van der Waals surface area contributed by atoms with Crippen molar-refractivity contribution in [1.82, 2.24) is 15.3 Å². The first-order chi connectivity index (χ1) is 11.3. The molecule has 0 aliphatic carbocycles. The average Bonchev–Trinajstić information content (AvgIpc) is 3.01. The summed E-state index contributed by atoms with van der Waals surface area (Å²) >= 11 is 0. The Hall–Kier alpha value is -2.62. The maximum atomic E-state index is 11.9. The number of rotatable bonds is 7. The van der Waals surface area contributed by atoms with Crippen LogP contribution in [-0.4, -0.2) is 22.4 Å². The SMILES string of the molecule is O=C(NCCCCCc1nc2ccccc2[nH]1)c1ccccc1. The highest BCUT2D eigenvalue weighted by atomic mass is 16.1. The van der Waals surface area contributed by atoms with Crippen molar-refractivity contribution >= 4 is 16.9 Å². The van der Waals surface area contributed by atoms with Gasteiger partial charge in [0, 0.05) is 18.5 Å². The zero-order valence-electron chi connectivity index (χ0n) is 13.1. The predicted octanol–water partition coefficient (Wildman–Crippen LogP) is 3.71. The third-order valence-electron chi connectivity index (χ3n) is 3.85. The lowest BCUT2D eigenvalue weighted by atomic mass is 10.2. The molecule has 0 aliphatic rings. The van der Waals surface area contributed by atoms with Crippen molar-refractivity contribution in [3.8, 4) is 0 Å². The molecule has 0 atom stereocenters. The van der Waals surface area contributed by atoms with Gasteiger partial charge in [-0.05, 0) is 37.1 Å². The lowest BCUT2D eigenvalue weighted by molar-refractivity contribution is 0.0953. The Kier molecular flexibility index (Phi) is 5.04. The van der Waals surface area contributed by atoms with E-state index in [4.69, 9.17) is 0 Å². The molecule has 3 aromatic rings. The van der Waals surface area contributed by atoms with Crippen LogP contribution in [0.5, 0.6) is 0 Å². The van der Waals surface area contributed by atoms with Crippen LogP contribution in [0.25, 0.3) is 11.0 Å². The number of H-pyrrole nitrogens is 1. The van der Waals surface area contributed by atoms with E-state index in [1.807, 2.05) is 54.6 Å². The summed E-state index contributed by atoms with van der Waals surface area (Å²) in [6.07, 6.45) is 4.08. The standard InChI is InChI=1S/C19H21N3O/c23-19(15-9-3-1-4-10-15)20-14-8-2-5-13-18-21-16-11-6-7-12-17(16)22-18/h1,3-4,6-7,9-12H,2,5,8,13-14H2,(H,20,23)(H,21,22). The second kappa shape index (κ2) is 7.58. The van der Waals surface area contributed by atoms with Crippen molar-refractivity contribution in [2.45, 2.75) is 25.7 Å². The van der Waals surface area contributed by atoms with Crippen LogP contribution in [0.4, 0.5) is 0 Å². The van der Waals surface area contributed by atoms with E-state index in [0.717, 1.165) is 48.1 Å². The zero-order valence-corrected chi connectivity index (χ0v) is 13.1. The number of aromatic amines is 1. The molecule has 0 saturated carbocycles. The van der Waals surface area contributed by atoms with Gasteiger partial charge in [-0.1, -0.05) is 36.8 Å². The first-order valence-corrected chi connectivity index (χ1v) is 8.10. The highest BCUT2D eigenvalue weighted by Gasteiger charge is 2.04. The van der Waals surface area contributed by atoms with Crippen molar-refractivity contribution in [2.24, 2.45) is 0 Å². The van der Waals surface area contributed by atoms with E-state index in [-0.39, 0.29) is 5.91 Å². The molecular weight excluding hydrogens is 286 g/mol. The van der Waals surface area contributed by atoms with E-state index >= 15 is 0 Å². The molecule has 4 nitrogen and oxygen atoms in total. The van der Waals surface area contributed by atoms with E-state index in [1.54, 1.807) is 0 Å². The van der Waals surface area contributed by atoms with Gasteiger partial charge in [0.05, 0.1) is 11.0 Å². The number of hydrogen-bond donors (Lipinski definition) is 2.